The molecule has 2 aromatic heterocycles. The second-order valence-corrected chi connectivity index (χ2v) is 11.4. The second-order valence-electron chi connectivity index (χ2n) is 8.87. The summed E-state index contributed by atoms with van der Waals surface area (Å²) in [5.41, 5.74) is 3.51. The smallest absolute Gasteiger partial charge is 0.259 e. The van der Waals surface area contributed by atoms with Crippen LogP contribution in [0.25, 0.3) is 10.2 Å². The molecule has 0 spiro atoms. The van der Waals surface area contributed by atoms with E-state index < -0.39 is 0 Å². The zero-order chi connectivity index (χ0) is 23.5. The summed E-state index contributed by atoms with van der Waals surface area (Å²) in [6.07, 6.45) is 0.984. The Kier molecular flexibility index (Phi) is 7.56. The number of benzene rings is 1. The van der Waals surface area contributed by atoms with E-state index in [1.807, 2.05) is 25.7 Å². The summed E-state index contributed by atoms with van der Waals surface area (Å²) in [5.74, 6) is 1.32. The summed E-state index contributed by atoms with van der Waals surface area (Å²) in [7, 11) is 0. The molecule has 1 saturated heterocycles. The Bertz CT molecular complexity index is 1190. The lowest BCUT2D eigenvalue weighted by Gasteiger charge is -2.24. The highest BCUT2D eigenvalue weighted by Gasteiger charge is 2.24. The van der Waals surface area contributed by atoms with Gasteiger partial charge < -0.3 is 9.88 Å². The van der Waals surface area contributed by atoms with Crippen LogP contribution in [-0.4, -0.2) is 57.1 Å². The summed E-state index contributed by atoms with van der Waals surface area (Å²) < 4.78 is 0. The molecule has 6 nitrogen and oxygen atoms in total. The van der Waals surface area contributed by atoms with Crippen molar-refractivity contribution in [3.8, 4) is 0 Å². The number of carbonyl (C=O) groups is 1. The van der Waals surface area contributed by atoms with Crippen LogP contribution in [0.2, 0.25) is 0 Å². The van der Waals surface area contributed by atoms with Gasteiger partial charge in [0.1, 0.15) is 10.7 Å². The number of thiophene rings is 1. The van der Waals surface area contributed by atoms with Gasteiger partial charge in [0.2, 0.25) is 5.91 Å². The van der Waals surface area contributed by atoms with Crippen molar-refractivity contribution in [2.75, 3.05) is 26.2 Å². The van der Waals surface area contributed by atoms with Gasteiger partial charge in [-0.3, -0.25) is 14.5 Å². The molecule has 3 heterocycles. The van der Waals surface area contributed by atoms with Crippen LogP contribution in [0.1, 0.15) is 40.7 Å². The number of fused-ring (bicyclic) bond motifs is 1. The highest BCUT2D eigenvalue weighted by molar-refractivity contribution is 7.99. The number of aromatic amines is 1. The minimum Gasteiger partial charge on any atom is -0.340 e. The maximum atomic E-state index is 13.1. The fraction of sp³-hybridized carbons (Fsp3) is 0.480. The van der Waals surface area contributed by atoms with Crippen molar-refractivity contribution in [2.45, 2.75) is 51.7 Å². The highest BCUT2D eigenvalue weighted by Crippen LogP contribution is 2.27. The summed E-state index contributed by atoms with van der Waals surface area (Å²) >= 11 is 3.09. The Labute approximate surface area is 203 Å². The van der Waals surface area contributed by atoms with E-state index in [1.54, 1.807) is 11.3 Å². The van der Waals surface area contributed by atoms with Crippen LogP contribution in [-0.2, 0) is 17.1 Å². The first-order chi connectivity index (χ1) is 15.8. The molecule has 3 aromatic rings. The number of nitrogens with zero attached hydrogens (tertiary/aromatic N) is 3. The molecule has 1 aromatic carbocycles. The van der Waals surface area contributed by atoms with E-state index in [4.69, 9.17) is 0 Å². The molecule has 1 fully saturated rings. The summed E-state index contributed by atoms with van der Waals surface area (Å²) in [6, 6.07) is 8.69. The van der Waals surface area contributed by atoms with Crippen LogP contribution in [0.15, 0.2) is 29.1 Å². The molecule has 0 radical (unpaired) electrons. The number of hydrogen-bond acceptors (Lipinski definition) is 6. The first-order valence-electron chi connectivity index (χ1n) is 11.5. The average Bonchev–Trinajstić information content (AvgIpc) is 2.94. The molecule has 1 aliphatic heterocycles. The van der Waals surface area contributed by atoms with Gasteiger partial charge in [-0.25, -0.2) is 4.98 Å². The summed E-state index contributed by atoms with van der Waals surface area (Å²) in [4.78, 5) is 39.5. The molecule has 1 N–H and O–H groups in total. The Hall–Kier alpha value is -2.16. The van der Waals surface area contributed by atoms with Crippen molar-refractivity contribution in [1.82, 2.24) is 19.8 Å². The van der Waals surface area contributed by atoms with Gasteiger partial charge in [-0.05, 0) is 45.2 Å². The number of thioether (sulfide) groups is 1. The predicted molar refractivity (Wildman–Crippen MR) is 138 cm³/mol. The quantitative estimate of drug-likeness (QED) is 0.566. The molecule has 1 atom stereocenters. The molecular weight excluding hydrogens is 452 g/mol. The molecule has 8 heteroatoms. The van der Waals surface area contributed by atoms with Gasteiger partial charge >= 0.3 is 0 Å². The average molecular weight is 485 g/mol. The normalized spacial score (nSPS) is 16.2. The minimum atomic E-state index is -0.179. The number of hydrogen-bond donors (Lipinski definition) is 1. The molecule has 1 unspecified atom stereocenters. The molecule has 176 valence electrons. The number of rotatable bonds is 6. The van der Waals surface area contributed by atoms with E-state index in [9.17, 15) is 9.59 Å². The van der Waals surface area contributed by atoms with E-state index >= 15 is 0 Å². The Morgan fingerprint density at radius 3 is 2.67 bits per heavy atom. The monoisotopic (exact) mass is 484 g/mol. The largest absolute Gasteiger partial charge is 0.340 e. The van der Waals surface area contributed by atoms with E-state index in [0.717, 1.165) is 54.4 Å². The second kappa shape index (κ2) is 10.4. The number of H-pyrrole nitrogens is 1. The molecule has 33 heavy (non-hydrogen) atoms. The van der Waals surface area contributed by atoms with Crippen molar-refractivity contribution in [3.05, 3.63) is 62.0 Å². The number of aromatic nitrogens is 2. The van der Waals surface area contributed by atoms with Gasteiger partial charge in [-0.1, -0.05) is 29.8 Å². The third-order valence-electron chi connectivity index (χ3n) is 6.33. The van der Waals surface area contributed by atoms with E-state index in [1.165, 1.54) is 22.9 Å². The van der Waals surface area contributed by atoms with E-state index in [-0.39, 0.29) is 16.7 Å². The fourth-order valence-electron chi connectivity index (χ4n) is 4.20. The number of amides is 1. The highest BCUT2D eigenvalue weighted by atomic mass is 32.2. The summed E-state index contributed by atoms with van der Waals surface area (Å²) in [6.45, 7) is 12.4. The lowest BCUT2D eigenvalue weighted by atomic mass is 10.1. The van der Waals surface area contributed by atoms with Crippen LogP contribution in [0.3, 0.4) is 0 Å². The molecule has 0 saturated carbocycles. The van der Waals surface area contributed by atoms with Crippen LogP contribution < -0.4 is 5.56 Å². The van der Waals surface area contributed by atoms with Crippen molar-refractivity contribution >= 4 is 39.2 Å². The maximum absolute atomic E-state index is 13.1. The molecule has 1 aliphatic rings. The van der Waals surface area contributed by atoms with Crippen LogP contribution in [0.4, 0.5) is 0 Å². The Morgan fingerprint density at radius 2 is 1.91 bits per heavy atom. The zero-order valence-electron chi connectivity index (χ0n) is 19.8. The molecule has 1 amide bonds. The van der Waals surface area contributed by atoms with Crippen molar-refractivity contribution < 1.29 is 4.79 Å². The zero-order valence-corrected chi connectivity index (χ0v) is 21.4. The van der Waals surface area contributed by atoms with Gasteiger partial charge in [0.15, 0.2) is 0 Å². The Balaban J connectivity index is 1.32. The van der Waals surface area contributed by atoms with Crippen LogP contribution in [0, 0.1) is 20.8 Å². The molecule has 4 rings (SSSR count). The minimum absolute atomic E-state index is 0.0855. The van der Waals surface area contributed by atoms with E-state index in [0.29, 0.717) is 17.0 Å². The number of carbonyl (C=O) groups excluding carboxylic acids is 1. The third kappa shape index (κ3) is 5.67. The third-order valence-corrected chi connectivity index (χ3v) is 8.58. The number of nitrogens with one attached hydrogen (secondary N) is 1. The molecule has 0 aliphatic carbocycles. The van der Waals surface area contributed by atoms with Gasteiger partial charge in [0, 0.05) is 37.6 Å². The van der Waals surface area contributed by atoms with Crippen molar-refractivity contribution in [1.29, 1.82) is 0 Å². The fourth-order valence-corrected chi connectivity index (χ4v) is 6.09. The molecular formula is C25H32N4O2S2. The topological polar surface area (TPSA) is 69.3 Å². The molecule has 0 bridgehead atoms. The lowest BCUT2D eigenvalue weighted by molar-refractivity contribution is -0.130. The first kappa shape index (κ1) is 24.0. The van der Waals surface area contributed by atoms with Gasteiger partial charge in [0.25, 0.3) is 5.56 Å². The lowest BCUT2D eigenvalue weighted by Crippen LogP contribution is -2.39. The van der Waals surface area contributed by atoms with Crippen molar-refractivity contribution in [2.24, 2.45) is 0 Å². The van der Waals surface area contributed by atoms with Gasteiger partial charge in [0.05, 0.1) is 16.4 Å². The van der Waals surface area contributed by atoms with Crippen molar-refractivity contribution in [3.63, 3.8) is 0 Å². The maximum Gasteiger partial charge on any atom is 0.259 e. The number of aryl methyl sites for hydroxylation is 3. The Morgan fingerprint density at radius 1 is 1.15 bits per heavy atom. The predicted octanol–water partition coefficient (Wildman–Crippen LogP) is 4.27. The van der Waals surface area contributed by atoms with Crippen LogP contribution >= 0.6 is 23.1 Å². The first-order valence-corrected chi connectivity index (χ1v) is 13.4. The SMILES string of the molecule is Cc1ccc(CN2CCCN(C(=O)C(C)SCc3nc4sc(C)c(C)c4c(=O)[nH]3)CC2)cc1. The van der Waals surface area contributed by atoms with Gasteiger partial charge in [-0.15, -0.1) is 23.1 Å². The van der Waals surface area contributed by atoms with E-state index in [2.05, 4.69) is 46.1 Å². The van der Waals surface area contributed by atoms with Gasteiger partial charge in [-0.2, -0.15) is 0 Å². The van der Waals surface area contributed by atoms with Crippen LogP contribution in [0.5, 0.6) is 0 Å². The summed E-state index contributed by atoms with van der Waals surface area (Å²) in [5, 5.41) is 0.511. The standard InChI is InChI=1S/C25H32N4O2S2/c1-16-6-8-20(9-7-16)14-28-10-5-11-29(13-12-28)25(31)19(4)32-15-21-26-23(30)22-17(2)18(3)33-24(22)27-21/h6-9,19H,5,10-15H2,1-4H3,(H,26,27,30).